The average Bonchev–Trinajstić information content (AvgIpc) is 1.62. The summed E-state index contributed by atoms with van der Waals surface area (Å²) in [5.41, 5.74) is 2.00. The van der Waals surface area contributed by atoms with Crippen molar-refractivity contribution in [2.24, 2.45) is 28.1 Å². The normalized spacial score (nSPS) is 36.0. The van der Waals surface area contributed by atoms with E-state index in [1.807, 2.05) is 0 Å². The minimum atomic E-state index is 0.595. The van der Waals surface area contributed by atoms with Crippen LogP contribution in [0.25, 0.3) is 0 Å². The van der Waals surface area contributed by atoms with Gasteiger partial charge in [0.05, 0.1) is 0 Å². The van der Waals surface area contributed by atoms with Crippen molar-refractivity contribution in [3.63, 3.8) is 0 Å². The number of hydrogen-bond donors (Lipinski definition) is 0. The van der Waals surface area contributed by atoms with Gasteiger partial charge in [-0.05, 0) is 60.2 Å². The lowest BCUT2D eigenvalue weighted by atomic mass is 9.37. The SMILES string of the molecule is CC(C)(C)C12CC(C1)C2.CC(C)(C)C1CCC1. The number of hydrogen-bond acceptors (Lipinski definition) is 0. The van der Waals surface area contributed by atoms with Crippen molar-refractivity contribution in [2.45, 2.75) is 80.1 Å². The summed E-state index contributed by atoms with van der Waals surface area (Å²) in [6.45, 7) is 14.2. The van der Waals surface area contributed by atoms with Gasteiger partial charge in [0, 0.05) is 0 Å². The van der Waals surface area contributed by atoms with Gasteiger partial charge in [0.25, 0.3) is 0 Å². The molecule has 0 heterocycles. The van der Waals surface area contributed by atoms with Gasteiger partial charge in [0.2, 0.25) is 0 Å². The van der Waals surface area contributed by atoms with E-state index < -0.39 is 0 Å². The Bertz CT molecular complexity index is 252. The monoisotopic (exact) mass is 236 g/mol. The van der Waals surface area contributed by atoms with Crippen molar-refractivity contribution in [3.05, 3.63) is 0 Å². The Morgan fingerprint density at radius 3 is 1.29 bits per heavy atom. The summed E-state index contributed by atoms with van der Waals surface area (Å²) < 4.78 is 0. The van der Waals surface area contributed by atoms with Gasteiger partial charge in [-0.3, -0.25) is 0 Å². The van der Waals surface area contributed by atoms with E-state index in [4.69, 9.17) is 0 Å². The van der Waals surface area contributed by atoms with Gasteiger partial charge in [-0.15, -0.1) is 0 Å². The Morgan fingerprint density at radius 1 is 0.824 bits per heavy atom. The maximum Gasteiger partial charge on any atom is -0.0241 e. The van der Waals surface area contributed by atoms with Crippen LogP contribution in [0, 0.1) is 28.1 Å². The minimum absolute atomic E-state index is 0.595. The summed E-state index contributed by atoms with van der Waals surface area (Å²) >= 11 is 0. The average molecular weight is 236 g/mol. The molecule has 0 radical (unpaired) electrons. The van der Waals surface area contributed by atoms with Crippen LogP contribution in [0.3, 0.4) is 0 Å². The van der Waals surface area contributed by atoms with E-state index in [9.17, 15) is 0 Å². The molecule has 17 heavy (non-hydrogen) atoms. The highest BCUT2D eigenvalue weighted by Crippen LogP contribution is 2.71. The maximum absolute atomic E-state index is 2.39. The predicted molar refractivity (Wildman–Crippen MR) is 76.0 cm³/mol. The zero-order chi connectivity index (χ0) is 12.9. The fourth-order valence-corrected chi connectivity index (χ4v) is 3.67. The molecular formula is C17H32. The highest BCUT2D eigenvalue weighted by molar-refractivity contribution is 5.11. The summed E-state index contributed by atoms with van der Waals surface area (Å²) in [5.74, 6) is 2.17. The van der Waals surface area contributed by atoms with Gasteiger partial charge in [0.1, 0.15) is 0 Å². The first-order valence-electron chi connectivity index (χ1n) is 7.64. The standard InChI is InChI=1S/C9H16.C8H16/c1-8(2,3)9-4-7(5-9)6-9;1-8(2,3)7-5-4-6-7/h7H,4-6H2,1-3H3;7H,4-6H2,1-3H3. The van der Waals surface area contributed by atoms with Crippen molar-refractivity contribution < 1.29 is 0 Å². The molecule has 4 fully saturated rings. The summed E-state index contributed by atoms with van der Waals surface area (Å²) in [6.07, 6.45) is 9.04. The molecule has 0 nitrogen and oxygen atoms in total. The van der Waals surface area contributed by atoms with E-state index >= 15 is 0 Å². The van der Waals surface area contributed by atoms with Crippen LogP contribution in [0.15, 0.2) is 0 Å². The molecule has 0 aromatic carbocycles. The minimum Gasteiger partial charge on any atom is -0.0599 e. The molecule has 4 saturated carbocycles. The summed E-state index contributed by atoms with van der Waals surface area (Å²) in [5, 5.41) is 0. The third-order valence-corrected chi connectivity index (χ3v) is 5.96. The first-order valence-corrected chi connectivity index (χ1v) is 7.64. The van der Waals surface area contributed by atoms with Gasteiger partial charge in [-0.2, -0.15) is 0 Å². The van der Waals surface area contributed by atoms with Crippen LogP contribution in [-0.2, 0) is 0 Å². The lowest BCUT2D eigenvalue weighted by Gasteiger charge is -2.68. The second-order valence-corrected chi connectivity index (χ2v) is 9.00. The first-order chi connectivity index (χ1) is 7.64. The molecule has 4 aliphatic carbocycles. The van der Waals surface area contributed by atoms with Gasteiger partial charge >= 0.3 is 0 Å². The van der Waals surface area contributed by atoms with E-state index in [0.717, 1.165) is 17.3 Å². The molecule has 0 aromatic rings. The molecule has 0 aromatic heterocycles. The third kappa shape index (κ3) is 2.42. The Labute approximate surface area is 109 Å². The Balaban J connectivity index is 0.000000128. The van der Waals surface area contributed by atoms with Crippen LogP contribution in [-0.4, -0.2) is 0 Å². The fraction of sp³-hybridized carbons (Fsp3) is 1.00. The molecule has 0 heteroatoms. The summed E-state index contributed by atoms with van der Waals surface area (Å²) in [6, 6.07) is 0. The highest BCUT2D eigenvalue weighted by atomic mass is 14.7. The molecule has 0 unspecified atom stereocenters. The second kappa shape index (κ2) is 4.00. The lowest BCUT2D eigenvalue weighted by molar-refractivity contribution is -0.181. The van der Waals surface area contributed by atoms with Gasteiger partial charge < -0.3 is 0 Å². The topological polar surface area (TPSA) is 0 Å². The quantitative estimate of drug-likeness (QED) is 0.508. The van der Waals surface area contributed by atoms with Gasteiger partial charge in [-0.1, -0.05) is 48.0 Å². The summed E-state index contributed by atoms with van der Waals surface area (Å²) in [7, 11) is 0. The van der Waals surface area contributed by atoms with Gasteiger partial charge in [0.15, 0.2) is 0 Å². The van der Waals surface area contributed by atoms with Crippen molar-refractivity contribution in [1.29, 1.82) is 0 Å². The largest absolute Gasteiger partial charge is 0.0599 e. The predicted octanol–water partition coefficient (Wildman–Crippen LogP) is 5.67. The highest BCUT2D eigenvalue weighted by Gasteiger charge is 2.61. The van der Waals surface area contributed by atoms with Crippen LogP contribution in [0.2, 0.25) is 0 Å². The fourth-order valence-electron chi connectivity index (χ4n) is 3.67. The van der Waals surface area contributed by atoms with E-state index in [-0.39, 0.29) is 0 Å². The van der Waals surface area contributed by atoms with Crippen LogP contribution < -0.4 is 0 Å². The molecule has 100 valence electrons. The lowest BCUT2D eigenvalue weighted by Crippen LogP contribution is -2.58. The first kappa shape index (κ1) is 13.4. The second-order valence-electron chi connectivity index (χ2n) is 9.00. The van der Waals surface area contributed by atoms with Crippen molar-refractivity contribution in [1.82, 2.24) is 0 Å². The maximum atomic E-state index is 2.39. The molecular weight excluding hydrogens is 204 g/mol. The molecule has 4 rings (SSSR count). The van der Waals surface area contributed by atoms with Crippen LogP contribution in [0.4, 0.5) is 0 Å². The van der Waals surface area contributed by atoms with Crippen LogP contribution in [0.5, 0.6) is 0 Å². The van der Waals surface area contributed by atoms with E-state index in [1.165, 1.54) is 38.5 Å². The van der Waals surface area contributed by atoms with Crippen LogP contribution in [0.1, 0.15) is 80.1 Å². The zero-order valence-corrected chi connectivity index (χ0v) is 12.9. The van der Waals surface area contributed by atoms with E-state index in [1.54, 1.807) is 0 Å². The molecule has 0 saturated heterocycles. The summed E-state index contributed by atoms with van der Waals surface area (Å²) in [4.78, 5) is 0. The zero-order valence-electron chi connectivity index (χ0n) is 12.9. The Hall–Kier alpha value is 0. The molecule has 2 bridgehead atoms. The van der Waals surface area contributed by atoms with Crippen molar-refractivity contribution in [3.8, 4) is 0 Å². The van der Waals surface area contributed by atoms with Crippen molar-refractivity contribution in [2.75, 3.05) is 0 Å². The Morgan fingerprint density at radius 2 is 1.29 bits per heavy atom. The molecule has 0 amide bonds. The van der Waals surface area contributed by atoms with E-state index in [2.05, 4.69) is 41.5 Å². The van der Waals surface area contributed by atoms with Crippen LogP contribution >= 0.6 is 0 Å². The third-order valence-electron chi connectivity index (χ3n) is 5.96. The Kier molecular flexibility index (Phi) is 3.16. The van der Waals surface area contributed by atoms with E-state index in [0.29, 0.717) is 10.8 Å². The van der Waals surface area contributed by atoms with Gasteiger partial charge in [-0.25, -0.2) is 0 Å². The van der Waals surface area contributed by atoms with Crippen molar-refractivity contribution >= 4 is 0 Å². The molecule has 0 aliphatic heterocycles. The molecule has 4 aliphatic rings. The number of rotatable bonds is 0. The molecule has 0 spiro atoms. The molecule has 0 N–H and O–H groups in total. The smallest absolute Gasteiger partial charge is 0.0241 e. The molecule has 0 atom stereocenters.